The summed E-state index contributed by atoms with van der Waals surface area (Å²) in [5.41, 5.74) is -0.509. The molecule has 0 aliphatic heterocycles. The molecule has 0 aromatic carbocycles. The van der Waals surface area contributed by atoms with E-state index in [2.05, 4.69) is 10.6 Å². The van der Waals surface area contributed by atoms with Crippen LogP contribution in [0.1, 0.15) is 33.6 Å². The molecule has 100 valence electrons. The molecule has 6 heteroatoms. The van der Waals surface area contributed by atoms with Crippen molar-refractivity contribution in [3.05, 3.63) is 0 Å². The van der Waals surface area contributed by atoms with Gasteiger partial charge in [-0.15, -0.1) is 0 Å². The maximum atomic E-state index is 11.5. The third-order valence-corrected chi connectivity index (χ3v) is 3.34. The Bertz CT molecular complexity index is 269. The van der Waals surface area contributed by atoms with E-state index in [1.807, 2.05) is 27.0 Å². The lowest BCUT2D eigenvalue weighted by Crippen LogP contribution is -2.49. The fourth-order valence-electron chi connectivity index (χ4n) is 1.15. The number of nitrogens with one attached hydrogen (secondary N) is 2. The van der Waals surface area contributed by atoms with Gasteiger partial charge in [-0.1, -0.05) is 6.92 Å². The van der Waals surface area contributed by atoms with E-state index in [1.165, 1.54) is 0 Å². The monoisotopic (exact) mass is 262 g/mol. The molecule has 0 spiro atoms. The highest BCUT2D eigenvalue weighted by Crippen LogP contribution is 2.11. The summed E-state index contributed by atoms with van der Waals surface area (Å²) in [5.74, 6) is -0.851. The van der Waals surface area contributed by atoms with Gasteiger partial charge in [-0.05, 0) is 26.5 Å². The van der Waals surface area contributed by atoms with Crippen LogP contribution in [0.3, 0.4) is 0 Å². The van der Waals surface area contributed by atoms with E-state index >= 15 is 0 Å². The van der Waals surface area contributed by atoms with Gasteiger partial charge in [0.15, 0.2) is 0 Å². The van der Waals surface area contributed by atoms with Crippen LogP contribution in [0.25, 0.3) is 0 Å². The van der Waals surface area contributed by atoms with Crippen molar-refractivity contribution in [3.8, 4) is 0 Å². The molecule has 0 bridgehead atoms. The SMILES string of the molecule is CSC(C)CNC(=O)NC(C)(C)CCC(=O)O. The highest BCUT2D eigenvalue weighted by molar-refractivity contribution is 7.99. The summed E-state index contributed by atoms with van der Waals surface area (Å²) < 4.78 is 0. The zero-order valence-corrected chi connectivity index (χ0v) is 11.7. The lowest BCUT2D eigenvalue weighted by atomic mass is 9.99. The van der Waals surface area contributed by atoms with Crippen LogP contribution >= 0.6 is 11.8 Å². The maximum absolute atomic E-state index is 11.5. The van der Waals surface area contributed by atoms with Crippen LogP contribution in [0, 0.1) is 0 Å². The predicted molar refractivity (Wildman–Crippen MR) is 70.5 cm³/mol. The molecule has 0 rings (SSSR count). The molecule has 1 atom stereocenters. The second-order valence-electron chi connectivity index (χ2n) is 4.66. The van der Waals surface area contributed by atoms with Crippen LogP contribution in [0.4, 0.5) is 4.79 Å². The Hall–Kier alpha value is -0.910. The molecule has 2 amide bonds. The van der Waals surface area contributed by atoms with Crippen LogP contribution in [0.5, 0.6) is 0 Å². The summed E-state index contributed by atoms with van der Waals surface area (Å²) in [6, 6.07) is -0.249. The van der Waals surface area contributed by atoms with Crippen LogP contribution < -0.4 is 10.6 Å². The van der Waals surface area contributed by atoms with E-state index in [0.717, 1.165) is 0 Å². The quantitative estimate of drug-likeness (QED) is 0.652. The number of thioether (sulfide) groups is 1. The first-order valence-corrected chi connectivity index (χ1v) is 6.86. The summed E-state index contributed by atoms with van der Waals surface area (Å²) in [5, 5.41) is 14.5. The Morgan fingerprint density at radius 2 is 2.00 bits per heavy atom. The van der Waals surface area contributed by atoms with Crippen molar-refractivity contribution < 1.29 is 14.7 Å². The second kappa shape index (κ2) is 7.42. The van der Waals surface area contributed by atoms with Crippen molar-refractivity contribution in [3.63, 3.8) is 0 Å². The summed E-state index contributed by atoms with van der Waals surface area (Å²) >= 11 is 1.68. The normalized spacial score (nSPS) is 12.9. The van der Waals surface area contributed by atoms with Crippen molar-refractivity contribution in [2.75, 3.05) is 12.8 Å². The molecular weight excluding hydrogens is 240 g/mol. The van der Waals surface area contributed by atoms with Crippen LogP contribution in [-0.4, -0.2) is 40.7 Å². The molecule has 0 fully saturated rings. The number of rotatable bonds is 7. The molecule has 0 saturated heterocycles. The highest BCUT2D eigenvalue weighted by Gasteiger charge is 2.21. The van der Waals surface area contributed by atoms with E-state index in [1.54, 1.807) is 11.8 Å². The van der Waals surface area contributed by atoms with Crippen LogP contribution in [0.2, 0.25) is 0 Å². The first-order chi connectivity index (χ1) is 7.76. The molecule has 3 N–H and O–H groups in total. The van der Waals surface area contributed by atoms with Crippen LogP contribution in [-0.2, 0) is 4.79 Å². The standard InChI is InChI=1S/C11H22N2O3S/c1-8(17-4)7-12-10(16)13-11(2,3)6-5-9(14)15/h8H,5-7H2,1-4H3,(H,14,15)(H2,12,13,16). The minimum Gasteiger partial charge on any atom is -0.481 e. The summed E-state index contributed by atoms with van der Waals surface area (Å²) in [4.78, 5) is 22.0. The minimum atomic E-state index is -0.851. The molecular formula is C11H22N2O3S. The number of hydrogen-bond acceptors (Lipinski definition) is 3. The lowest BCUT2D eigenvalue weighted by Gasteiger charge is -2.26. The highest BCUT2D eigenvalue weighted by atomic mass is 32.2. The molecule has 0 aliphatic rings. The van der Waals surface area contributed by atoms with Crippen molar-refractivity contribution in [2.24, 2.45) is 0 Å². The van der Waals surface area contributed by atoms with Crippen LogP contribution in [0.15, 0.2) is 0 Å². The molecule has 0 aromatic heterocycles. The zero-order chi connectivity index (χ0) is 13.5. The maximum Gasteiger partial charge on any atom is 0.315 e. The topological polar surface area (TPSA) is 78.4 Å². The average Bonchev–Trinajstić information content (AvgIpc) is 2.22. The van der Waals surface area contributed by atoms with E-state index in [0.29, 0.717) is 18.2 Å². The number of carbonyl (C=O) groups is 2. The largest absolute Gasteiger partial charge is 0.481 e. The van der Waals surface area contributed by atoms with Gasteiger partial charge < -0.3 is 15.7 Å². The first kappa shape index (κ1) is 16.1. The number of urea groups is 1. The van der Waals surface area contributed by atoms with Gasteiger partial charge in [0.05, 0.1) is 0 Å². The summed E-state index contributed by atoms with van der Waals surface area (Å²) in [7, 11) is 0. The Labute approximate surface area is 107 Å². The molecule has 0 heterocycles. The Kier molecular flexibility index (Phi) is 7.03. The van der Waals surface area contributed by atoms with Gasteiger partial charge in [0.2, 0.25) is 0 Å². The molecule has 0 radical (unpaired) electrons. The molecule has 5 nitrogen and oxygen atoms in total. The number of carboxylic acid groups (broad SMARTS) is 1. The third-order valence-electron chi connectivity index (χ3n) is 2.37. The van der Waals surface area contributed by atoms with Gasteiger partial charge in [0, 0.05) is 23.8 Å². The van der Waals surface area contributed by atoms with Gasteiger partial charge in [0.1, 0.15) is 0 Å². The third kappa shape index (κ3) is 8.85. The molecule has 0 aliphatic carbocycles. The van der Waals surface area contributed by atoms with Gasteiger partial charge >= 0.3 is 12.0 Å². The minimum absolute atomic E-state index is 0.0501. The van der Waals surface area contributed by atoms with Gasteiger partial charge in [0.25, 0.3) is 0 Å². The Balaban J connectivity index is 3.96. The van der Waals surface area contributed by atoms with Gasteiger partial charge in [-0.2, -0.15) is 11.8 Å². The molecule has 0 aromatic rings. The molecule has 1 unspecified atom stereocenters. The average molecular weight is 262 g/mol. The Morgan fingerprint density at radius 3 is 2.47 bits per heavy atom. The summed E-state index contributed by atoms with van der Waals surface area (Å²) in [6.45, 7) is 6.25. The fraction of sp³-hybridized carbons (Fsp3) is 0.818. The number of carbonyl (C=O) groups excluding carboxylic acids is 1. The zero-order valence-electron chi connectivity index (χ0n) is 10.9. The van der Waals surface area contributed by atoms with E-state index < -0.39 is 11.5 Å². The van der Waals surface area contributed by atoms with E-state index in [4.69, 9.17) is 5.11 Å². The number of hydrogen-bond donors (Lipinski definition) is 3. The van der Waals surface area contributed by atoms with Crippen molar-refractivity contribution in [1.29, 1.82) is 0 Å². The van der Waals surface area contributed by atoms with Crippen molar-refractivity contribution in [2.45, 2.75) is 44.4 Å². The number of amides is 2. The smallest absolute Gasteiger partial charge is 0.315 e. The van der Waals surface area contributed by atoms with E-state index in [-0.39, 0.29) is 12.5 Å². The van der Waals surface area contributed by atoms with Crippen molar-refractivity contribution in [1.82, 2.24) is 10.6 Å². The van der Waals surface area contributed by atoms with E-state index in [9.17, 15) is 9.59 Å². The van der Waals surface area contributed by atoms with Crippen molar-refractivity contribution >= 4 is 23.8 Å². The Morgan fingerprint density at radius 1 is 1.41 bits per heavy atom. The predicted octanol–water partition coefficient (Wildman–Crippen LogP) is 1.68. The van der Waals surface area contributed by atoms with Gasteiger partial charge in [-0.3, -0.25) is 4.79 Å². The van der Waals surface area contributed by atoms with Gasteiger partial charge in [-0.25, -0.2) is 4.79 Å². The molecule has 0 saturated carbocycles. The first-order valence-electron chi connectivity index (χ1n) is 5.57. The molecule has 17 heavy (non-hydrogen) atoms. The fourth-order valence-corrected chi connectivity index (χ4v) is 1.40. The lowest BCUT2D eigenvalue weighted by molar-refractivity contribution is -0.137. The second-order valence-corrected chi connectivity index (χ2v) is 5.94. The number of carboxylic acids is 1. The summed E-state index contributed by atoms with van der Waals surface area (Å²) in [6.07, 6.45) is 2.45. The number of aliphatic carboxylic acids is 1.